The summed E-state index contributed by atoms with van der Waals surface area (Å²) < 4.78 is 20.3. The molecule has 1 aliphatic rings. The van der Waals surface area contributed by atoms with E-state index < -0.39 is 6.04 Å². The van der Waals surface area contributed by atoms with Crippen LogP contribution < -0.4 is 10.5 Å². The number of ether oxygens (including phenoxy) is 1. The Kier molecular flexibility index (Phi) is 3.54. The molecule has 0 bridgehead atoms. The fourth-order valence-corrected chi connectivity index (χ4v) is 3.05. The predicted octanol–water partition coefficient (Wildman–Crippen LogP) is 4.31. The van der Waals surface area contributed by atoms with Crippen molar-refractivity contribution >= 4 is 15.9 Å². The summed E-state index contributed by atoms with van der Waals surface area (Å²) in [5.74, 6) is 0.590. The predicted molar refractivity (Wildman–Crippen MR) is 85.1 cm³/mol. The molecule has 0 aliphatic carbocycles. The van der Waals surface area contributed by atoms with Crippen molar-refractivity contribution in [2.75, 3.05) is 6.61 Å². The van der Waals surface area contributed by atoms with Gasteiger partial charge in [0.15, 0.2) is 0 Å². The third kappa shape index (κ3) is 2.47. The lowest BCUT2D eigenvalue weighted by atomic mass is 9.85. The van der Waals surface area contributed by atoms with E-state index in [4.69, 9.17) is 10.5 Å². The van der Waals surface area contributed by atoms with Crippen LogP contribution in [0.5, 0.6) is 5.75 Å². The van der Waals surface area contributed by atoms with E-state index in [9.17, 15) is 4.39 Å². The molecule has 0 aromatic heterocycles. The number of hydrogen-bond acceptors (Lipinski definition) is 2. The molecule has 1 unspecified atom stereocenters. The van der Waals surface area contributed by atoms with E-state index in [-0.39, 0.29) is 11.2 Å². The molecule has 110 valence electrons. The van der Waals surface area contributed by atoms with Crippen LogP contribution in [0, 0.1) is 5.82 Å². The fraction of sp³-hybridized carbons (Fsp3) is 0.294. The monoisotopic (exact) mass is 349 g/mol. The summed E-state index contributed by atoms with van der Waals surface area (Å²) in [6.07, 6.45) is 0. The van der Waals surface area contributed by atoms with Crippen molar-refractivity contribution < 1.29 is 9.13 Å². The first kappa shape index (κ1) is 14.5. The smallest absolute Gasteiger partial charge is 0.142 e. The highest BCUT2D eigenvalue weighted by atomic mass is 79.9. The van der Waals surface area contributed by atoms with Crippen molar-refractivity contribution in [3.63, 3.8) is 0 Å². The molecule has 2 nitrogen and oxygen atoms in total. The molecule has 3 rings (SSSR count). The van der Waals surface area contributed by atoms with Gasteiger partial charge in [0, 0.05) is 16.5 Å². The van der Waals surface area contributed by atoms with Crippen molar-refractivity contribution in [3.05, 3.63) is 63.4 Å². The first-order valence-electron chi connectivity index (χ1n) is 6.87. The van der Waals surface area contributed by atoms with Crippen LogP contribution in [0.25, 0.3) is 0 Å². The maximum atomic E-state index is 14.2. The minimum absolute atomic E-state index is 0.0408. The normalized spacial score (nSPS) is 17.2. The van der Waals surface area contributed by atoms with Crippen LogP contribution in [-0.4, -0.2) is 6.61 Å². The van der Waals surface area contributed by atoms with Crippen LogP contribution in [0.3, 0.4) is 0 Å². The topological polar surface area (TPSA) is 35.2 Å². The summed E-state index contributed by atoms with van der Waals surface area (Å²) >= 11 is 3.20. The zero-order valence-electron chi connectivity index (χ0n) is 12.0. The molecule has 4 heteroatoms. The Labute approximate surface area is 132 Å². The second kappa shape index (κ2) is 5.11. The highest BCUT2D eigenvalue weighted by Crippen LogP contribution is 2.40. The Morgan fingerprint density at radius 3 is 2.81 bits per heavy atom. The summed E-state index contributed by atoms with van der Waals surface area (Å²) in [7, 11) is 0. The van der Waals surface area contributed by atoms with Crippen LogP contribution in [0.2, 0.25) is 0 Å². The van der Waals surface area contributed by atoms with E-state index in [0.29, 0.717) is 16.6 Å². The van der Waals surface area contributed by atoms with Crippen LogP contribution in [0.15, 0.2) is 40.9 Å². The van der Waals surface area contributed by atoms with Gasteiger partial charge in [-0.25, -0.2) is 4.39 Å². The zero-order chi connectivity index (χ0) is 15.2. The van der Waals surface area contributed by atoms with Crippen molar-refractivity contribution in [2.24, 2.45) is 5.73 Å². The van der Waals surface area contributed by atoms with Gasteiger partial charge in [0.2, 0.25) is 0 Å². The first-order valence-corrected chi connectivity index (χ1v) is 7.66. The van der Waals surface area contributed by atoms with E-state index in [1.165, 1.54) is 0 Å². The van der Waals surface area contributed by atoms with E-state index in [0.717, 1.165) is 16.9 Å². The second-order valence-corrected chi connectivity index (χ2v) is 6.90. The summed E-state index contributed by atoms with van der Waals surface area (Å²) in [6.45, 7) is 4.92. The molecule has 0 radical (unpaired) electrons. The molecule has 0 saturated heterocycles. The van der Waals surface area contributed by atoms with Crippen molar-refractivity contribution in [1.82, 2.24) is 0 Å². The van der Waals surface area contributed by atoms with Gasteiger partial charge >= 0.3 is 0 Å². The number of fused-ring (bicyclic) bond motifs is 1. The number of halogens is 2. The number of rotatable bonds is 2. The van der Waals surface area contributed by atoms with Gasteiger partial charge < -0.3 is 10.5 Å². The van der Waals surface area contributed by atoms with Gasteiger partial charge in [0.05, 0.1) is 17.1 Å². The van der Waals surface area contributed by atoms with Crippen LogP contribution in [0.4, 0.5) is 4.39 Å². The lowest BCUT2D eigenvalue weighted by Gasteiger charge is -2.19. The molecule has 0 fully saturated rings. The molecule has 1 atom stereocenters. The Morgan fingerprint density at radius 2 is 2.05 bits per heavy atom. The SMILES string of the molecule is CC1(C)COc2ccc(C(N)c3cccc(Br)c3F)cc21. The highest BCUT2D eigenvalue weighted by Gasteiger charge is 2.32. The van der Waals surface area contributed by atoms with Gasteiger partial charge in [0.1, 0.15) is 11.6 Å². The van der Waals surface area contributed by atoms with Gasteiger partial charge in [-0.3, -0.25) is 0 Å². The lowest BCUT2D eigenvalue weighted by Crippen LogP contribution is -2.19. The lowest BCUT2D eigenvalue weighted by molar-refractivity contribution is 0.291. The van der Waals surface area contributed by atoms with Crippen LogP contribution in [-0.2, 0) is 5.41 Å². The maximum absolute atomic E-state index is 14.2. The third-order valence-electron chi connectivity index (χ3n) is 4.00. The molecule has 0 spiro atoms. The third-order valence-corrected chi connectivity index (χ3v) is 4.61. The summed E-state index contributed by atoms with van der Waals surface area (Å²) in [5.41, 5.74) is 8.74. The van der Waals surface area contributed by atoms with E-state index >= 15 is 0 Å². The van der Waals surface area contributed by atoms with E-state index in [2.05, 4.69) is 29.8 Å². The molecule has 1 aliphatic heterocycles. The standard InChI is InChI=1S/C17H17BrFNO/c1-17(2)9-21-14-7-6-10(8-12(14)17)16(20)11-4-3-5-13(18)15(11)19/h3-8,16H,9,20H2,1-2H3. The zero-order valence-corrected chi connectivity index (χ0v) is 13.6. The molecule has 1 heterocycles. The Hall–Kier alpha value is -1.39. The molecule has 2 aromatic rings. The largest absolute Gasteiger partial charge is 0.492 e. The Bertz CT molecular complexity index is 699. The number of hydrogen-bond donors (Lipinski definition) is 1. The van der Waals surface area contributed by atoms with Crippen molar-refractivity contribution in [3.8, 4) is 5.75 Å². The summed E-state index contributed by atoms with van der Waals surface area (Å²) in [6, 6.07) is 10.6. The molecule has 21 heavy (non-hydrogen) atoms. The quantitative estimate of drug-likeness (QED) is 0.876. The molecular formula is C17H17BrFNO. The van der Waals surface area contributed by atoms with Gasteiger partial charge in [-0.15, -0.1) is 0 Å². The van der Waals surface area contributed by atoms with Crippen molar-refractivity contribution in [1.29, 1.82) is 0 Å². The fourth-order valence-electron chi connectivity index (χ4n) is 2.67. The molecule has 0 saturated carbocycles. The Balaban J connectivity index is 2.03. The van der Waals surface area contributed by atoms with Crippen LogP contribution in [0.1, 0.15) is 36.6 Å². The Morgan fingerprint density at radius 1 is 1.29 bits per heavy atom. The van der Waals surface area contributed by atoms with E-state index in [1.807, 2.05) is 18.2 Å². The molecule has 2 aromatic carbocycles. The molecular weight excluding hydrogens is 333 g/mol. The summed E-state index contributed by atoms with van der Waals surface area (Å²) in [4.78, 5) is 0. The van der Waals surface area contributed by atoms with Gasteiger partial charge in [-0.1, -0.05) is 32.0 Å². The number of nitrogens with two attached hydrogens (primary N) is 1. The highest BCUT2D eigenvalue weighted by molar-refractivity contribution is 9.10. The van der Waals surface area contributed by atoms with E-state index in [1.54, 1.807) is 18.2 Å². The maximum Gasteiger partial charge on any atom is 0.142 e. The second-order valence-electron chi connectivity index (χ2n) is 6.05. The van der Waals surface area contributed by atoms with Gasteiger partial charge in [-0.05, 0) is 39.7 Å². The average Bonchev–Trinajstić information content (AvgIpc) is 2.76. The molecule has 2 N–H and O–H groups in total. The van der Waals surface area contributed by atoms with Crippen molar-refractivity contribution in [2.45, 2.75) is 25.3 Å². The minimum atomic E-state index is -0.496. The molecule has 0 amide bonds. The minimum Gasteiger partial charge on any atom is -0.492 e. The van der Waals surface area contributed by atoms with Crippen LogP contribution >= 0.6 is 15.9 Å². The number of benzene rings is 2. The van der Waals surface area contributed by atoms with Gasteiger partial charge in [-0.2, -0.15) is 0 Å². The summed E-state index contributed by atoms with van der Waals surface area (Å²) in [5, 5.41) is 0. The van der Waals surface area contributed by atoms with Gasteiger partial charge in [0.25, 0.3) is 0 Å². The first-order chi connectivity index (χ1) is 9.90. The average molecular weight is 350 g/mol.